The first-order valence-corrected chi connectivity index (χ1v) is 9.66. The van der Waals surface area contributed by atoms with Crippen LogP contribution in [0.1, 0.15) is 0 Å². The molecule has 6 nitrogen and oxygen atoms in total. The monoisotopic (exact) mass is 479 g/mol. The number of carbonyl (C=O) groups is 2. The molecule has 1 fully saturated rings. The zero-order valence-electron chi connectivity index (χ0n) is 13.6. The van der Waals surface area contributed by atoms with Gasteiger partial charge < -0.3 is 15.0 Å². The average Bonchev–Trinajstić information content (AvgIpc) is 3.07. The Morgan fingerprint density at radius 2 is 1.58 bits per heavy atom. The van der Waals surface area contributed by atoms with Gasteiger partial charge in [-0.2, -0.15) is 0 Å². The van der Waals surface area contributed by atoms with Gasteiger partial charge in [0.2, 0.25) is 5.91 Å². The van der Waals surface area contributed by atoms with Crippen LogP contribution in [0.15, 0.2) is 45.3 Å². The lowest BCUT2D eigenvalue weighted by Gasteiger charge is -2.19. The van der Waals surface area contributed by atoms with Gasteiger partial charge in [-0.15, -0.1) is 0 Å². The zero-order chi connectivity index (χ0) is 18.4. The van der Waals surface area contributed by atoms with Gasteiger partial charge in [0.25, 0.3) is 0 Å². The van der Waals surface area contributed by atoms with Gasteiger partial charge in [-0.1, -0.05) is 31.9 Å². The summed E-state index contributed by atoms with van der Waals surface area (Å²) in [6.07, 6.45) is -0.867. The van der Waals surface area contributed by atoms with E-state index in [1.165, 1.54) is 0 Å². The Hall–Kier alpha value is -1.90. The third kappa shape index (κ3) is 3.02. The first kappa shape index (κ1) is 17.5. The molecular formula is C18H15Br2N3O3. The van der Waals surface area contributed by atoms with E-state index < -0.39 is 12.1 Å². The maximum absolute atomic E-state index is 11.7. The fraction of sp³-hybridized carbons (Fsp3) is 0.222. The maximum Gasteiger partial charge on any atom is 0.324 e. The zero-order valence-corrected chi connectivity index (χ0v) is 16.7. The first-order valence-electron chi connectivity index (χ1n) is 8.07. The summed E-state index contributed by atoms with van der Waals surface area (Å²) in [5.74, 6) is -0.316. The van der Waals surface area contributed by atoms with E-state index in [-0.39, 0.29) is 25.5 Å². The number of amides is 3. The molecule has 0 unspecified atom stereocenters. The van der Waals surface area contributed by atoms with E-state index in [9.17, 15) is 14.7 Å². The van der Waals surface area contributed by atoms with Crippen molar-refractivity contribution in [2.45, 2.75) is 12.6 Å². The molecule has 0 saturated carbocycles. The van der Waals surface area contributed by atoms with E-state index in [0.717, 1.165) is 35.7 Å². The summed E-state index contributed by atoms with van der Waals surface area (Å²) in [4.78, 5) is 24.5. The van der Waals surface area contributed by atoms with Gasteiger partial charge in [0.1, 0.15) is 0 Å². The van der Waals surface area contributed by atoms with Crippen LogP contribution in [-0.4, -0.2) is 45.7 Å². The molecule has 0 radical (unpaired) electrons. The number of carbonyl (C=O) groups excluding carboxylic acids is 2. The highest BCUT2D eigenvalue weighted by Crippen LogP contribution is 2.33. The van der Waals surface area contributed by atoms with Crippen LogP contribution in [-0.2, 0) is 11.3 Å². The number of aliphatic hydroxyl groups is 1. The molecule has 1 aliphatic rings. The predicted octanol–water partition coefficient (Wildman–Crippen LogP) is 3.23. The average molecular weight is 481 g/mol. The largest absolute Gasteiger partial charge is 0.389 e. The second-order valence-electron chi connectivity index (χ2n) is 6.25. The SMILES string of the molecule is O=C1CNC(=O)N1C[C@H](O)Cn1c2ccc(Br)cc2c2cc(Br)ccc21. The molecule has 3 aromatic rings. The Balaban J connectivity index is 1.73. The van der Waals surface area contributed by atoms with Crippen molar-refractivity contribution in [3.8, 4) is 0 Å². The van der Waals surface area contributed by atoms with Crippen LogP contribution in [0.4, 0.5) is 4.79 Å². The molecule has 0 aliphatic carbocycles. The Bertz CT molecular complexity index is 972. The molecule has 2 aromatic carbocycles. The summed E-state index contributed by atoms with van der Waals surface area (Å²) in [6.45, 7) is 0.238. The molecule has 1 aliphatic heterocycles. The van der Waals surface area contributed by atoms with Crippen LogP contribution in [0.25, 0.3) is 21.8 Å². The van der Waals surface area contributed by atoms with Crippen LogP contribution in [0.2, 0.25) is 0 Å². The van der Waals surface area contributed by atoms with Crippen molar-refractivity contribution in [1.29, 1.82) is 0 Å². The maximum atomic E-state index is 11.7. The van der Waals surface area contributed by atoms with Crippen molar-refractivity contribution in [1.82, 2.24) is 14.8 Å². The topological polar surface area (TPSA) is 74.6 Å². The van der Waals surface area contributed by atoms with Gasteiger partial charge in [-0.05, 0) is 36.4 Å². The highest BCUT2D eigenvalue weighted by atomic mass is 79.9. The van der Waals surface area contributed by atoms with Gasteiger partial charge >= 0.3 is 6.03 Å². The highest BCUT2D eigenvalue weighted by molar-refractivity contribution is 9.10. The van der Waals surface area contributed by atoms with Gasteiger partial charge in [0.15, 0.2) is 0 Å². The third-order valence-corrected chi connectivity index (χ3v) is 5.50. The molecule has 1 saturated heterocycles. The molecule has 1 atom stereocenters. The number of fused-ring (bicyclic) bond motifs is 3. The summed E-state index contributed by atoms with van der Waals surface area (Å²) in [6, 6.07) is 11.5. The van der Waals surface area contributed by atoms with E-state index in [1.54, 1.807) is 0 Å². The minimum atomic E-state index is -0.867. The molecule has 1 aromatic heterocycles. The minimum Gasteiger partial charge on any atom is -0.389 e. The number of aliphatic hydroxyl groups excluding tert-OH is 1. The van der Waals surface area contributed by atoms with Gasteiger partial charge in [0.05, 0.1) is 25.7 Å². The Morgan fingerprint density at radius 3 is 2.08 bits per heavy atom. The second kappa shape index (κ2) is 6.68. The normalized spacial score (nSPS) is 15.9. The third-order valence-electron chi connectivity index (χ3n) is 4.51. The van der Waals surface area contributed by atoms with Crippen LogP contribution in [0, 0.1) is 0 Å². The summed E-state index contributed by atoms with van der Waals surface area (Å²) in [5.41, 5.74) is 1.97. The molecule has 0 spiro atoms. The molecule has 3 amide bonds. The molecular weight excluding hydrogens is 466 g/mol. The number of halogens is 2. The first-order chi connectivity index (χ1) is 12.4. The lowest BCUT2D eigenvalue weighted by molar-refractivity contribution is -0.126. The lowest BCUT2D eigenvalue weighted by atomic mass is 10.2. The van der Waals surface area contributed by atoms with E-state index in [2.05, 4.69) is 37.2 Å². The number of hydrogen-bond donors (Lipinski definition) is 2. The molecule has 8 heteroatoms. The molecule has 26 heavy (non-hydrogen) atoms. The number of benzene rings is 2. The van der Waals surface area contributed by atoms with Crippen molar-refractivity contribution in [3.63, 3.8) is 0 Å². The number of hydrogen-bond acceptors (Lipinski definition) is 3. The minimum absolute atomic E-state index is 0.0109. The fourth-order valence-corrected chi connectivity index (χ4v) is 4.09. The fourth-order valence-electron chi connectivity index (χ4n) is 3.36. The number of aromatic nitrogens is 1. The van der Waals surface area contributed by atoms with Crippen molar-refractivity contribution >= 4 is 65.6 Å². The van der Waals surface area contributed by atoms with Crippen molar-refractivity contribution in [2.75, 3.05) is 13.1 Å². The van der Waals surface area contributed by atoms with E-state index in [0.29, 0.717) is 0 Å². The lowest BCUT2D eigenvalue weighted by Crippen LogP contribution is -2.39. The van der Waals surface area contributed by atoms with Crippen molar-refractivity contribution < 1.29 is 14.7 Å². The summed E-state index contributed by atoms with van der Waals surface area (Å²) in [7, 11) is 0. The molecule has 0 bridgehead atoms. The number of rotatable bonds is 4. The van der Waals surface area contributed by atoms with E-state index in [4.69, 9.17) is 0 Å². The summed E-state index contributed by atoms with van der Waals surface area (Å²) < 4.78 is 3.97. The summed E-state index contributed by atoms with van der Waals surface area (Å²) in [5, 5.41) is 15.1. The van der Waals surface area contributed by atoms with Crippen LogP contribution in [0.5, 0.6) is 0 Å². The number of β-amino-alcohol motifs (C(OH)–C–C–N with tert-alkyl or cyclic N) is 1. The standard InChI is InChI=1S/C18H15Br2N3O3/c19-10-1-3-15-13(5-10)14-6-11(20)2-4-16(14)22(15)8-12(24)9-23-17(25)7-21-18(23)26/h1-6,12,24H,7-9H2,(H,21,26)/t12-/m1/s1. The Kier molecular flexibility index (Phi) is 4.50. The van der Waals surface area contributed by atoms with Crippen molar-refractivity contribution in [2.24, 2.45) is 0 Å². The Labute approximate surface area is 166 Å². The summed E-state index contributed by atoms with van der Waals surface area (Å²) >= 11 is 7.02. The number of nitrogens with one attached hydrogen (secondary N) is 1. The molecule has 2 heterocycles. The molecule has 4 rings (SSSR count). The van der Waals surface area contributed by atoms with Crippen LogP contribution >= 0.6 is 31.9 Å². The number of imide groups is 1. The van der Waals surface area contributed by atoms with E-state index >= 15 is 0 Å². The quantitative estimate of drug-likeness (QED) is 0.563. The number of urea groups is 1. The van der Waals surface area contributed by atoms with Crippen molar-refractivity contribution in [3.05, 3.63) is 45.3 Å². The molecule has 2 N–H and O–H groups in total. The van der Waals surface area contributed by atoms with Crippen LogP contribution in [0.3, 0.4) is 0 Å². The molecule has 134 valence electrons. The second-order valence-corrected chi connectivity index (χ2v) is 8.08. The van der Waals surface area contributed by atoms with Gasteiger partial charge in [0, 0.05) is 30.8 Å². The predicted molar refractivity (Wildman–Crippen MR) is 106 cm³/mol. The highest BCUT2D eigenvalue weighted by Gasteiger charge is 2.30. The van der Waals surface area contributed by atoms with Crippen LogP contribution < -0.4 is 5.32 Å². The van der Waals surface area contributed by atoms with Gasteiger partial charge in [-0.3, -0.25) is 9.69 Å². The number of nitrogens with zero attached hydrogens (tertiary/aromatic N) is 2. The Morgan fingerprint density at radius 1 is 1.00 bits per heavy atom. The smallest absolute Gasteiger partial charge is 0.324 e. The van der Waals surface area contributed by atoms with Gasteiger partial charge in [-0.25, -0.2) is 4.79 Å². The van der Waals surface area contributed by atoms with E-state index in [1.807, 2.05) is 41.0 Å².